The molecule has 1 atom stereocenters. The third kappa shape index (κ3) is 4.60. The SMILES string of the molecule is O=C(CCC1CCCC1)N1CCN(C(=O)C(O)c2ccccc2)CC1. The average molecular weight is 344 g/mol. The Morgan fingerprint density at radius 3 is 2.24 bits per heavy atom. The van der Waals surface area contributed by atoms with Crippen LogP contribution in [0.25, 0.3) is 0 Å². The van der Waals surface area contributed by atoms with Crippen molar-refractivity contribution >= 4 is 11.8 Å². The van der Waals surface area contributed by atoms with Gasteiger partial charge in [0.25, 0.3) is 5.91 Å². The van der Waals surface area contributed by atoms with Crippen molar-refractivity contribution in [1.29, 1.82) is 0 Å². The maximum atomic E-state index is 12.4. The first-order valence-electron chi connectivity index (χ1n) is 9.44. The van der Waals surface area contributed by atoms with E-state index in [1.165, 1.54) is 25.7 Å². The minimum atomic E-state index is -1.12. The van der Waals surface area contributed by atoms with Crippen LogP contribution in [0.5, 0.6) is 0 Å². The summed E-state index contributed by atoms with van der Waals surface area (Å²) in [6, 6.07) is 8.99. The van der Waals surface area contributed by atoms with Crippen LogP contribution in [0.3, 0.4) is 0 Å². The molecule has 5 heteroatoms. The zero-order valence-electron chi connectivity index (χ0n) is 14.8. The van der Waals surface area contributed by atoms with E-state index in [1.807, 2.05) is 23.1 Å². The second kappa shape index (κ2) is 8.48. The van der Waals surface area contributed by atoms with E-state index in [1.54, 1.807) is 17.0 Å². The third-order valence-electron chi connectivity index (χ3n) is 5.53. The molecule has 0 bridgehead atoms. The monoisotopic (exact) mass is 344 g/mol. The van der Waals surface area contributed by atoms with Gasteiger partial charge in [0.05, 0.1) is 0 Å². The van der Waals surface area contributed by atoms with E-state index in [-0.39, 0.29) is 11.8 Å². The Morgan fingerprint density at radius 1 is 1.00 bits per heavy atom. The van der Waals surface area contributed by atoms with Gasteiger partial charge < -0.3 is 14.9 Å². The van der Waals surface area contributed by atoms with E-state index in [0.717, 1.165) is 12.3 Å². The smallest absolute Gasteiger partial charge is 0.256 e. The fraction of sp³-hybridized carbons (Fsp3) is 0.600. The third-order valence-corrected chi connectivity index (χ3v) is 5.53. The zero-order valence-corrected chi connectivity index (χ0v) is 14.8. The average Bonchev–Trinajstić information content (AvgIpc) is 3.19. The van der Waals surface area contributed by atoms with Crippen molar-refractivity contribution < 1.29 is 14.7 Å². The van der Waals surface area contributed by atoms with Crippen LogP contribution >= 0.6 is 0 Å². The minimum Gasteiger partial charge on any atom is -0.378 e. The highest BCUT2D eigenvalue weighted by molar-refractivity contribution is 5.82. The molecule has 5 nitrogen and oxygen atoms in total. The number of nitrogens with zero attached hydrogens (tertiary/aromatic N) is 2. The predicted octanol–water partition coefficient (Wildman–Crippen LogP) is 2.36. The molecule has 0 spiro atoms. The number of hydrogen-bond donors (Lipinski definition) is 1. The second-order valence-corrected chi connectivity index (χ2v) is 7.21. The second-order valence-electron chi connectivity index (χ2n) is 7.21. The van der Waals surface area contributed by atoms with Gasteiger partial charge in [-0.2, -0.15) is 0 Å². The number of benzene rings is 1. The van der Waals surface area contributed by atoms with Crippen LogP contribution in [-0.4, -0.2) is 52.9 Å². The lowest BCUT2D eigenvalue weighted by Gasteiger charge is -2.36. The summed E-state index contributed by atoms with van der Waals surface area (Å²) in [7, 11) is 0. The van der Waals surface area contributed by atoms with Crippen molar-refractivity contribution in [1.82, 2.24) is 9.80 Å². The summed E-state index contributed by atoms with van der Waals surface area (Å²) >= 11 is 0. The normalized spacial score (nSPS) is 19.9. The minimum absolute atomic E-state index is 0.211. The molecule has 1 aliphatic carbocycles. The lowest BCUT2D eigenvalue weighted by atomic mass is 10.0. The Morgan fingerprint density at radius 2 is 1.60 bits per heavy atom. The van der Waals surface area contributed by atoms with E-state index in [4.69, 9.17) is 0 Å². The van der Waals surface area contributed by atoms with Crippen LogP contribution in [0.1, 0.15) is 50.2 Å². The standard InChI is InChI=1S/C20H28N2O3/c23-18(11-10-16-6-4-5-7-16)21-12-14-22(15-13-21)20(25)19(24)17-8-2-1-3-9-17/h1-3,8-9,16,19,24H,4-7,10-15H2. The number of amides is 2. The summed E-state index contributed by atoms with van der Waals surface area (Å²) in [5, 5.41) is 10.3. The first kappa shape index (κ1) is 17.9. The fourth-order valence-electron chi connectivity index (χ4n) is 3.91. The van der Waals surface area contributed by atoms with Crippen LogP contribution in [0.4, 0.5) is 0 Å². The first-order chi connectivity index (χ1) is 12.1. The highest BCUT2D eigenvalue weighted by atomic mass is 16.3. The summed E-state index contributed by atoms with van der Waals surface area (Å²) in [5.74, 6) is 0.666. The van der Waals surface area contributed by atoms with Crippen LogP contribution in [0, 0.1) is 5.92 Å². The molecule has 2 amide bonds. The van der Waals surface area contributed by atoms with Gasteiger partial charge in [-0.05, 0) is 17.9 Å². The van der Waals surface area contributed by atoms with E-state index in [2.05, 4.69) is 0 Å². The number of carbonyl (C=O) groups is 2. The van der Waals surface area contributed by atoms with Crippen LogP contribution < -0.4 is 0 Å². The van der Waals surface area contributed by atoms with Crippen molar-refractivity contribution in [2.45, 2.75) is 44.6 Å². The molecular formula is C20H28N2O3. The molecule has 1 aromatic rings. The molecule has 1 unspecified atom stereocenters. The summed E-state index contributed by atoms with van der Waals surface area (Å²) in [6.07, 6.45) is 5.67. The summed E-state index contributed by atoms with van der Waals surface area (Å²) in [4.78, 5) is 28.3. The highest BCUT2D eigenvalue weighted by Gasteiger charge is 2.28. The van der Waals surface area contributed by atoms with Crippen molar-refractivity contribution in [2.24, 2.45) is 5.92 Å². The van der Waals surface area contributed by atoms with Gasteiger partial charge in [0.2, 0.25) is 5.91 Å². The molecule has 1 N–H and O–H groups in total. The summed E-state index contributed by atoms with van der Waals surface area (Å²) in [5.41, 5.74) is 0.613. The Hall–Kier alpha value is -1.88. The van der Waals surface area contributed by atoms with E-state index >= 15 is 0 Å². The highest BCUT2D eigenvalue weighted by Crippen LogP contribution is 2.28. The number of piperazine rings is 1. The number of carbonyl (C=O) groups excluding carboxylic acids is 2. The molecule has 2 fully saturated rings. The molecule has 0 aromatic heterocycles. The molecule has 1 saturated carbocycles. The van der Waals surface area contributed by atoms with Gasteiger partial charge in [0.1, 0.15) is 0 Å². The fourth-order valence-corrected chi connectivity index (χ4v) is 3.91. The molecule has 25 heavy (non-hydrogen) atoms. The van der Waals surface area contributed by atoms with Gasteiger partial charge in [0, 0.05) is 32.6 Å². The van der Waals surface area contributed by atoms with Crippen molar-refractivity contribution in [3.05, 3.63) is 35.9 Å². The van der Waals surface area contributed by atoms with Crippen molar-refractivity contribution in [3.63, 3.8) is 0 Å². The Kier molecular flexibility index (Phi) is 6.08. The lowest BCUT2D eigenvalue weighted by molar-refractivity contribution is -0.145. The van der Waals surface area contributed by atoms with Gasteiger partial charge in [-0.15, -0.1) is 0 Å². The number of hydrogen-bond acceptors (Lipinski definition) is 3. The van der Waals surface area contributed by atoms with Crippen molar-refractivity contribution in [3.8, 4) is 0 Å². The van der Waals surface area contributed by atoms with Gasteiger partial charge in [-0.1, -0.05) is 56.0 Å². The van der Waals surface area contributed by atoms with Gasteiger partial charge >= 0.3 is 0 Å². The Labute approximate surface area is 149 Å². The Balaban J connectivity index is 1.44. The van der Waals surface area contributed by atoms with Crippen LogP contribution in [0.2, 0.25) is 0 Å². The molecule has 1 aliphatic heterocycles. The maximum Gasteiger partial charge on any atom is 0.256 e. The van der Waals surface area contributed by atoms with Crippen LogP contribution in [-0.2, 0) is 9.59 Å². The molecule has 3 rings (SSSR count). The Bertz CT molecular complexity index is 576. The number of rotatable bonds is 5. The number of aliphatic hydroxyl groups excluding tert-OH is 1. The molecule has 0 radical (unpaired) electrons. The predicted molar refractivity (Wildman–Crippen MR) is 95.8 cm³/mol. The van der Waals surface area contributed by atoms with E-state index in [0.29, 0.717) is 38.2 Å². The van der Waals surface area contributed by atoms with Gasteiger partial charge in [0.15, 0.2) is 6.10 Å². The molecule has 1 aromatic carbocycles. The summed E-state index contributed by atoms with van der Waals surface area (Å²) in [6.45, 7) is 2.13. The molecule has 2 aliphatic rings. The van der Waals surface area contributed by atoms with E-state index in [9.17, 15) is 14.7 Å². The topological polar surface area (TPSA) is 60.9 Å². The van der Waals surface area contributed by atoms with Crippen molar-refractivity contribution in [2.75, 3.05) is 26.2 Å². The molecule has 1 saturated heterocycles. The van der Waals surface area contributed by atoms with Crippen LogP contribution in [0.15, 0.2) is 30.3 Å². The quantitative estimate of drug-likeness (QED) is 0.892. The maximum absolute atomic E-state index is 12.4. The molecular weight excluding hydrogens is 316 g/mol. The molecule has 1 heterocycles. The zero-order chi connectivity index (χ0) is 17.6. The summed E-state index contributed by atoms with van der Waals surface area (Å²) < 4.78 is 0. The van der Waals surface area contributed by atoms with Gasteiger partial charge in [-0.3, -0.25) is 9.59 Å². The largest absolute Gasteiger partial charge is 0.378 e. The van der Waals surface area contributed by atoms with Gasteiger partial charge in [-0.25, -0.2) is 0 Å². The van der Waals surface area contributed by atoms with E-state index < -0.39 is 6.10 Å². The number of aliphatic hydroxyl groups is 1. The first-order valence-corrected chi connectivity index (χ1v) is 9.44. The molecule has 136 valence electrons. The lowest BCUT2D eigenvalue weighted by Crippen LogP contribution is -2.51.